The van der Waals surface area contributed by atoms with Crippen LogP contribution in [0.15, 0.2) is 36.4 Å². The highest BCUT2D eigenvalue weighted by molar-refractivity contribution is 6.30. The topological polar surface area (TPSA) is 46.5 Å². The molecule has 3 nitrogen and oxygen atoms in total. The van der Waals surface area contributed by atoms with E-state index >= 15 is 0 Å². The molecule has 0 bridgehead atoms. The van der Waals surface area contributed by atoms with Crippen molar-refractivity contribution in [3.63, 3.8) is 0 Å². The Balaban J connectivity index is 2.26. The minimum atomic E-state index is -0.426. The van der Waals surface area contributed by atoms with Crippen LogP contribution < -0.4 is 4.74 Å². The van der Waals surface area contributed by atoms with Crippen LogP contribution in [0.5, 0.6) is 5.75 Å². The summed E-state index contributed by atoms with van der Waals surface area (Å²) in [6, 6.07) is 10.1. The van der Waals surface area contributed by atoms with Crippen molar-refractivity contribution in [2.45, 2.75) is 20.5 Å². The number of hydrogen-bond acceptors (Lipinski definition) is 3. The van der Waals surface area contributed by atoms with E-state index in [1.807, 2.05) is 13.8 Å². The largest absolute Gasteiger partial charge is 0.422 e. The number of aliphatic hydroxyl groups is 1. The summed E-state index contributed by atoms with van der Waals surface area (Å²) in [6.07, 6.45) is 0. The third-order valence-electron chi connectivity index (χ3n) is 2.98. The third kappa shape index (κ3) is 3.18. The molecule has 0 radical (unpaired) electrons. The second kappa shape index (κ2) is 6.07. The number of halogens is 1. The molecule has 1 N–H and O–H groups in total. The number of aryl methyl sites for hydroxylation is 2. The predicted molar refractivity (Wildman–Crippen MR) is 78.2 cm³/mol. The van der Waals surface area contributed by atoms with Gasteiger partial charge in [0.2, 0.25) is 0 Å². The number of hydrogen-bond donors (Lipinski definition) is 1. The van der Waals surface area contributed by atoms with Crippen LogP contribution in [0.4, 0.5) is 0 Å². The fraction of sp³-hybridized carbons (Fsp3) is 0.188. The molecule has 0 aliphatic heterocycles. The average molecular weight is 291 g/mol. The van der Waals surface area contributed by atoms with Crippen LogP contribution in [0.25, 0.3) is 0 Å². The van der Waals surface area contributed by atoms with Crippen molar-refractivity contribution in [2.24, 2.45) is 0 Å². The van der Waals surface area contributed by atoms with Crippen LogP contribution >= 0.6 is 11.6 Å². The van der Waals surface area contributed by atoms with Crippen molar-refractivity contribution in [1.82, 2.24) is 0 Å². The molecule has 2 rings (SSSR count). The van der Waals surface area contributed by atoms with E-state index in [2.05, 4.69) is 0 Å². The van der Waals surface area contributed by atoms with Gasteiger partial charge in [-0.1, -0.05) is 23.7 Å². The zero-order chi connectivity index (χ0) is 14.7. The predicted octanol–water partition coefficient (Wildman–Crippen LogP) is 3.67. The van der Waals surface area contributed by atoms with E-state index in [9.17, 15) is 4.79 Å². The summed E-state index contributed by atoms with van der Waals surface area (Å²) < 4.78 is 5.44. The minimum absolute atomic E-state index is 0.0346. The van der Waals surface area contributed by atoms with E-state index in [1.54, 1.807) is 36.4 Å². The van der Waals surface area contributed by atoms with Crippen molar-refractivity contribution in [3.8, 4) is 5.75 Å². The molecular formula is C16H15ClO3. The number of rotatable bonds is 3. The summed E-state index contributed by atoms with van der Waals surface area (Å²) in [7, 11) is 0. The van der Waals surface area contributed by atoms with Crippen molar-refractivity contribution in [1.29, 1.82) is 0 Å². The molecular weight excluding hydrogens is 276 g/mol. The molecule has 0 heterocycles. The van der Waals surface area contributed by atoms with Crippen molar-refractivity contribution < 1.29 is 14.6 Å². The lowest BCUT2D eigenvalue weighted by Gasteiger charge is -2.12. The van der Waals surface area contributed by atoms with Gasteiger partial charge in [0.05, 0.1) is 12.2 Å². The second-order valence-electron chi connectivity index (χ2n) is 4.61. The van der Waals surface area contributed by atoms with Gasteiger partial charge < -0.3 is 9.84 Å². The van der Waals surface area contributed by atoms with E-state index in [0.29, 0.717) is 16.3 Å². The van der Waals surface area contributed by atoms with Gasteiger partial charge in [0.25, 0.3) is 0 Å². The second-order valence-corrected chi connectivity index (χ2v) is 5.05. The molecule has 4 heteroatoms. The lowest BCUT2D eigenvalue weighted by atomic mass is 10.1. The molecule has 0 aromatic heterocycles. The molecule has 2 aromatic rings. The van der Waals surface area contributed by atoms with Gasteiger partial charge >= 0.3 is 5.97 Å². The van der Waals surface area contributed by atoms with E-state index in [-0.39, 0.29) is 6.61 Å². The Morgan fingerprint density at radius 1 is 1.15 bits per heavy atom. The highest BCUT2D eigenvalue weighted by atomic mass is 35.5. The van der Waals surface area contributed by atoms with Crippen LogP contribution in [-0.2, 0) is 6.61 Å². The summed E-state index contributed by atoms with van der Waals surface area (Å²) in [4.78, 5) is 12.1. The zero-order valence-corrected chi connectivity index (χ0v) is 12.1. The molecule has 0 saturated heterocycles. The Kier molecular flexibility index (Phi) is 4.42. The van der Waals surface area contributed by atoms with E-state index in [0.717, 1.165) is 16.7 Å². The molecule has 0 amide bonds. The molecule has 20 heavy (non-hydrogen) atoms. The van der Waals surface area contributed by atoms with Crippen molar-refractivity contribution >= 4 is 17.6 Å². The monoisotopic (exact) mass is 290 g/mol. The Morgan fingerprint density at radius 2 is 1.70 bits per heavy atom. The van der Waals surface area contributed by atoms with Crippen LogP contribution in [0.2, 0.25) is 5.02 Å². The highest BCUT2D eigenvalue weighted by Gasteiger charge is 2.13. The summed E-state index contributed by atoms with van der Waals surface area (Å²) in [6.45, 7) is 3.65. The number of carbonyl (C=O) groups excluding carboxylic acids is 1. The number of benzene rings is 2. The third-order valence-corrected chi connectivity index (χ3v) is 3.23. The average Bonchev–Trinajstić information content (AvgIpc) is 2.43. The number of esters is 1. The van der Waals surface area contributed by atoms with Crippen LogP contribution in [0, 0.1) is 13.8 Å². The number of carbonyl (C=O) groups is 1. The smallest absolute Gasteiger partial charge is 0.343 e. The van der Waals surface area contributed by atoms with Crippen LogP contribution in [0.3, 0.4) is 0 Å². The fourth-order valence-corrected chi connectivity index (χ4v) is 2.16. The summed E-state index contributed by atoms with van der Waals surface area (Å²) in [5.41, 5.74) is 2.87. The van der Waals surface area contributed by atoms with Crippen LogP contribution in [-0.4, -0.2) is 11.1 Å². The summed E-state index contributed by atoms with van der Waals surface area (Å²) in [5, 5.41) is 9.71. The van der Waals surface area contributed by atoms with Gasteiger partial charge in [-0.3, -0.25) is 0 Å². The Hall–Kier alpha value is -1.84. The molecule has 0 fully saturated rings. The van der Waals surface area contributed by atoms with Gasteiger partial charge in [0, 0.05) is 5.02 Å². The van der Waals surface area contributed by atoms with Gasteiger partial charge in [-0.2, -0.15) is 0 Å². The maximum absolute atomic E-state index is 12.1. The van der Waals surface area contributed by atoms with Gasteiger partial charge in [-0.15, -0.1) is 0 Å². The van der Waals surface area contributed by atoms with E-state index < -0.39 is 5.97 Å². The molecule has 0 saturated carbocycles. The number of aliphatic hydroxyl groups excluding tert-OH is 1. The van der Waals surface area contributed by atoms with E-state index in [4.69, 9.17) is 21.4 Å². The standard InChI is InChI=1S/C16H15ClO3/c1-10-7-12(9-18)8-11(2)15(10)20-16(19)13-3-5-14(17)6-4-13/h3-8,18H,9H2,1-2H3. The number of ether oxygens (including phenoxy) is 1. The first-order valence-electron chi connectivity index (χ1n) is 6.20. The Bertz CT molecular complexity index is 610. The molecule has 0 spiro atoms. The Morgan fingerprint density at radius 3 is 2.20 bits per heavy atom. The van der Waals surface area contributed by atoms with E-state index in [1.165, 1.54) is 0 Å². The molecule has 2 aromatic carbocycles. The first kappa shape index (κ1) is 14.6. The molecule has 0 unspecified atom stereocenters. The van der Waals surface area contributed by atoms with Gasteiger partial charge in [-0.25, -0.2) is 4.79 Å². The quantitative estimate of drug-likeness (QED) is 0.693. The first-order valence-corrected chi connectivity index (χ1v) is 6.58. The first-order chi connectivity index (χ1) is 9.51. The van der Waals surface area contributed by atoms with Gasteiger partial charge in [0.1, 0.15) is 5.75 Å². The SMILES string of the molecule is Cc1cc(CO)cc(C)c1OC(=O)c1ccc(Cl)cc1. The normalized spacial score (nSPS) is 10.4. The molecule has 0 aliphatic carbocycles. The highest BCUT2D eigenvalue weighted by Crippen LogP contribution is 2.26. The Labute approximate surface area is 122 Å². The van der Waals surface area contributed by atoms with Crippen molar-refractivity contribution in [2.75, 3.05) is 0 Å². The van der Waals surface area contributed by atoms with Crippen LogP contribution in [0.1, 0.15) is 27.0 Å². The summed E-state index contributed by atoms with van der Waals surface area (Å²) >= 11 is 5.78. The lowest BCUT2D eigenvalue weighted by Crippen LogP contribution is -2.10. The van der Waals surface area contributed by atoms with Crippen molar-refractivity contribution in [3.05, 3.63) is 63.7 Å². The van der Waals surface area contributed by atoms with Gasteiger partial charge in [0.15, 0.2) is 0 Å². The molecule has 104 valence electrons. The molecule has 0 atom stereocenters. The minimum Gasteiger partial charge on any atom is -0.422 e. The molecule has 0 aliphatic rings. The van der Waals surface area contributed by atoms with Gasteiger partial charge in [-0.05, 0) is 54.8 Å². The lowest BCUT2D eigenvalue weighted by molar-refractivity contribution is 0.0732. The zero-order valence-electron chi connectivity index (χ0n) is 11.3. The maximum Gasteiger partial charge on any atom is 0.343 e. The maximum atomic E-state index is 12.1. The fourth-order valence-electron chi connectivity index (χ4n) is 2.03. The summed E-state index contributed by atoms with van der Waals surface area (Å²) in [5.74, 6) is 0.103.